The number of alkyl halides is 6. The van der Waals surface area contributed by atoms with Crippen molar-refractivity contribution in [3.8, 4) is 11.1 Å². The molecule has 0 saturated carbocycles. The molecule has 3 heterocycles. The van der Waals surface area contributed by atoms with E-state index in [1.807, 2.05) is 0 Å². The van der Waals surface area contributed by atoms with Crippen LogP contribution in [-0.2, 0) is 12.4 Å². The number of pyridine rings is 1. The molecule has 0 bridgehead atoms. The zero-order valence-electron chi connectivity index (χ0n) is 23.5. The van der Waals surface area contributed by atoms with Crippen LogP contribution in [0, 0.1) is 23.4 Å². The molecule has 0 amide bonds. The van der Waals surface area contributed by atoms with Crippen LogP contribution >= 0.6 is 0 Å². The lowest BCUT2D eigenvalue weighted by Gasteiger charge is -2.41. The van der Waals surface area contributed by atoms with Gasteiger partial charge >= 0.3 is 12.4 Å². The minimum Gasteiger partial charge on any atom is -0.388 e. The molecule has 1 saturated heterocycles. The van der Waals surface area contributed by atoms with Gasteiger partial charge in [0.2, 0.25) is 5.95 Å². The Balaban J connectivity index is 1.50. The Bertz CT molecular complexity index is 1680. The van der Waals surface area contributed by atoms with Gasteiger partial charge in [-0.2, -0.15) is 26.3 Å². The molecule has 2 aromatic heterocycles. The number of aliphatic hydroxyl groups is 1. The van der Waals surface area contributed by atoms with E-state index in [9.17, 15) is 44.6 Å². The first-order valence-corrected chi connectivity index (χ1v) is 13.5. The van der Waals surface area contributed by atoms with Gasteiger partial charge in [-0.25, -0.2) is 23.1 Å². The summed E-state index contributed by atoms with van der Waals surface area (Å²) >= 11 is 0. The van der Waals surface area contributed by atoms with Gasteiger partial charge < -0.3 is 19.9 Å². The van der Waals surface area contributed by atoms with Crippen molar-refractivity contribution in [1.29, 1.82) is 0 Å². The average Bonchev–Trinajstić information content (AvgIpc) is 3.37. The molecule has 4 aromatic rings. The summed E-state index contributed by atoms with van der Waals surface area (Å²) in [5.41, 5.74) is -2.97. The number of aromatic nitrogens is 3. The van der Waals surface area contributed by atoms with Crippen LogP contribution in [0.3, 0.4) is 0 Å². The van der Waals surface area contributed by atoms with Crippen LogP contribution in [-0.4, -0.2) is 45.7 Å². The molecule has 5 rings (SSSR count). The molecule has 2 atom stereocenters. The Morgan fingerprint density at radius 1 is 0.932 bits per heavy atom. The molecule has 0 aliphatic carbocycles. The molecule has 0 radical (unpaired) electrons. The molecule has 6 nitrogen and oxygen atoms in total. The Hall–Kier alpha value is -4.01. The molecular weight excluding hydrogens is 605 g/mol. The fraction of sp³-hybridized carbons (Fsp3) is 0.379. The Kier molecular flexibility index (Phi) is 7.97. The number of anilines is 2. The number of aromatic amines is 1. The van der Waals surface area contributed by atoms with E-state index in [-0.39, 0.29) is 65.0 Å². The van der Waals surface area contributed by atoms with Crippen molar-refractivity contribution in [3.05, 3.63) is 70.7 Å². The highest BCUT2D eigenvalue weighted by atomic mass is 19.4. The number of piperazine rings is 1. The quantitative estimate of drug-likeness (QED) is 0.177. The molecule has 15 heteroatoms. The third-order valence-corrected chi connectivity index (χ3v) is 7.57. The summed E-state index contributed by atoms with van der Waals surface area (Å²) in [6.07, 6.45) is -9.55. The van der Waals surface area contributed by atoms with Gasteiger partial charge in [0, 0.05) is 37.4 Å². The van der Waals surface area contributed by atoms with Crippen molar-refractivity contribution >= 4 is 22.8 Å². The molecule has 0 spiro atoms. The van der Waals surface area contributed by atoms with Crippen molar-refractivity contribution < 1.29 is 44.6 Å². The van der Waals surface area contributed by atoms with Gasteiger partial charge in [-0.15, -0.1) is 0 Å². The first-order valence-electron chi connectivity index (χ1n) is 13.5. The number of imidazole rings is 1. The number of halogens is 9. The van der Waals surface area contributed by atoms with E-state index in [0.717, 1.165) is 12.1 Å². The number of H-pyrrole nitrogens is 1. The van der Waals surface area contributed by atoms with Crippen molar-refractivity contribution in [1.82, 2.24) is 15.0 Å². The van der Waals surface area contributed by atoms with E-state index >= 15 is 0 Å². The predicted molar refractivity (Wildman–Crippen MR) is 144 cm³/mol. The van der Waals surface area contributed by atoms with E-state index in [4.69, 9.17) is 0 Å². The normalized spacial score (nSPS) is 17.2. The summed E-state index contributed by atoms with van der Waals surface area (Å²) in [5.74, 6) is -5.55. The monoisotopic (exact) mass is 631 g/mol. The van der Waals surface area contributed by atoms with Crippen LogP contribution in [0.25, 0.3) is 22.2 Å². The summed E-state index contributed by atoms with van der Waals surface area (Å²) in [5, 5.41) is 10.3. The number of benzene rings is 2. The standard InChI is InChI=1S/C29H26F9N5O/c1-13(2)25(44)16-6-19(29(36,37)38)26(39-11-16)42-4-5-43(14(3)12-42)27-40-22-10-17(28(33,34)35)9-18(24(22)41-27)15-7-20(30)23(32)21(31)8-15/h6-11,13-14,25,44H,4-5,12H2,1-3H3,(H,40,41)/t14-,25+/m1/s1. The van der Waals surface area contributed by atoms with Crippen LogP contribution in [0.1, 0.15) is 43.6 Å². The third kappa shape index (κ3) is 5.88. The highest BCUT2D eigenvalue weighted by Crippen LogP contribution is 2.40. The Labute approximate surface area is 245 Å². The van der Waals surface area contributed by atoms with E-state index in [0.29, 0.717) is 18.2 Å². The minimum absolute atomic E-state index is 0.00615. The molecule has 1 fully saturated rings. The van der Waals surface area contributed by atoms with Crippen molar-refractivity contribution in [2.45, 2.75) is 45.3 Å². The maximum atomic E-state index is 14.0. The van der Waals surface area contributed by atoms with Crippen molar-refractivity contribution in [3.63, 3.8) is 0 Å². The molecule has 2 N–H and O–H groups in total. The van der Waals surface area contributed by atoms with E-state index < -0.39 is 53.1 Å². The Morgan fingerprint density at radius 3 is 2.16 bits per heavy atom. The second kappa shape index (κ2) is 11.2. The summed E-state index contributed by atoms with van der Waals surface area (Å²) < 4.78 is 125. The second-order valence-electron chi connectivity index (χ2n) is 11.0. The number of fused-ring (bicyclic) bond motifs is 1. The van der Waals surface area contributed by atoms with Gasteiger partial charge in [0.1, 0.15) is 5.82 Å². The summed E-state index contributed by atoms with van der Waals surface area (Å²) in [7, 11) is 0. The fourth-order valence-electron chi connectivity index (χ4n) is 5.28. The molecular formula is C29H26F9N5O. The number of nitrogens with zero attached hydrogens (tertiary/aromatic N) is 4. The largest absolute Gasteiger partial charge is 0.419 e. The average molecular weight is 632 g/mol. The summed E-state index contributed by atoms with van der Waals surface area (Å²) in [6.45, 7) is 5.13. The zero-order valence-corrected chi connectivity index (χ0v) is 23.5. The molecule has 2 aromatic carbocycles. The van der Waals surface area contributed by atoms with Crippen LogP contribution in [0.15, 0.2) is 36.5 Å². The topological polar surface area (TPSA) is 68.3 Å². The number of hydrogen-bond donors (Lipinski definition) is 2. The summed E-state index contributed by atoms with van der Waals surface area (Å²) in [4.78, 5) is 14.3. The Morgan fingerprint density at radius 2 is 1.59 bits per heavy atom. The van der Waals surface area contributed by atoms with Crippen LogP contribution in [0.2, 0.25) is 0 Å². The molecule has 44 heavy (non-hydrogen) atoms. The SMILES string of the molecule is CC(C)[C@H](O)c1cnc(N2CCN(c3nc4cc(C(F)(F)F)cc(-c5cc(F)c(F)c(F)c5)c4[nH]3)[C@H](C)C2)c(C(F)(F)F)c1. The van der Waals surface area contributed by atoms with Gasteiger partial charge in [-0.3, -0.25) is 0 Å². The predicted octanol–water partition coefficient (Wildman–Crippen LogP) is 7.48. The molecule has 1 aliphatic rings. The number of aliphatic hydroxyl groups excluding tert-OH is 1. The lowest BCUT2D eigenvalue weighted by molar-refractivity contribution is -0.138. The molecule has 1 aliphatic heterocycles. The maximum absolute atomic E-state index is 14.0. The van der Waals surface area contributed by atoms with Crippen LogP contribution in [0.5, 0.6) is 0 Å². The van der Waals surface area contributed by atoms with E-state index in [1.54, 1.807) is 25.7 Å². The lowest BCUT2D eigenvalue weighted by Crippen LogP contribution is -2.53. The van der Waals surface area contributed by atoms with Crippen LogP contribution in [0.4, 0.5) is 51.3 Å². The van der Waals surface area contributed by atoms with Gasteiger partial charge in [-0.05, 0) is 54.3 Å². The van der Waals surface area contributed by atoms with Crippen molar-refractivity contribution in [2.24, 2.45) is 5.92 Å². The molecule has 0 unspecified atom stereocenters. The lowest BCUT2D eigenvalue weighted by atomic mass is 9.99. The first kappa shape index (κ1) is 31.4. The maximum Gasteiger partial charge on any atom is 0.419 e. The second-order valence-corrected chi connectivity index (χ2v) is 11.0. The third-order valence-electron chi connectivity index (χ3n) is 7.57. The van der Waals surface area contributed by atoms with Crippen molar-refractivity contribution in [2.75, 3.05) is 29.4 Å². The summed E-state index contributed by atoms with van der Waals surface area (Å²) in [6, 6.07) is 2.92. The smallest absolute Gasteiger partial charge is 0.388 e. The number of nitrogens with one attached hydrogen (secondary N) is 1. The van der Waals surface area contributed by atoms with Gasteiger partial charge in [0.25, 0.3) is 0 Å². The number of rotatable bonds is 5. The zero-order chi connectivity index (χ0) is 32.3. The fourth-order valence-corrected chi connectivity index (χ4v) is 5.28. The van der Waals surface area contributed by atoms with Crippen LogP contribution < -0.4 is 9.80 Å². The first-order chi connectivity index (χ1) is 20.5. The van der Waals surface area contributed by atoms with E-state index in [1.165, 1.54) is 11.1 Å². The highest BCUT2D eigenvalue weighted by molar-refractivity contribution is 5.94. The minimum atomic E-state index is -4.85. The van der Waals surface area contributed by atoms with E-state index in [2.05, 4.69) is 15.0 Å². The van der Waals surface area contributed by atoms with Gasteiger partial charge in [0.05, 0.1) is 28.3 Å². The highest BCUT2D eigenvalue weighted by Gasteiger charge is 2.39. The number of hydrogen-bond acceptors (Lipinski definition) is 5. The molecule has 236 valence electrons. The van der Waals surface area contributed by atoms with Gasteiger partial charge in [0.15, 0.2) is 17.5 Å². The van der Waals surface area contributed by atoms with Gasteiger partial charge in [-0.1, -0.05) is 13.8 Å².